The molecule has 4 nitrogen and oxygen atoms in total. The summed E-state index contributed by atoms with van der Waals surface area (Å²) in [5.41, 5.74) is 0.991. The molecule has 0 fully saturated rings. The zero-order valence-electron chi connectivity index (χ0n) is 9.28. The molecule has 0 bridgehead atoms. The molecule has 1 rings (SSSR count). The first-order chi connectivity index (χ1) is 6.88. The van der Waals surface area contributed by atoms with Crippen LogP contribution in [-0.2, 0) is 0 Å². The van der Waals surface area contributed by atoms with Gasteiger partial charge in [0.25, 0.3) is 0 Å². The Labute approximate surface area is 85.1 Å². The van der Waals surface area contributed by atoms with Gasteiger partial charge in [0.05, 0.1) is 0 Å². The number of rotatable bonds is 3. The van der Waals surface area contributed by atoms with Crippen molar-refractivity contribution in [3.63, 3.8) is 0 Å². The molecular formula is C10H18N4. The van der Waals surface area contributed by atoms with Crippen LogP contribution in [0.2, 0.25) is 0 Å². The number of aromatic nitrogens is 4. The van der Waals surface area contributed by atoms with Crippen LogP contribution in [0.3, 0.4) is 0 Å². The highest BCUT2D eigenvalue weighted by molar-refractivity contribution is 5.68. The molecule has 0 aliphatic heterocycles. The molecule has 0 radical (unpaired) electrons. The van der Waals surface area contributed by atoms with E-state index in [0.717, 1.165) is 12.0 Å². The predicted octanol–water partition coefficient (Wildman–Crippen LogP) is 2.60. The van der Waals surface area contributed by atoms with Gasteiger partial charge in [-0.3, -0.25) is 0 Å². The zero-order valence-corrected chi connectivity index (χ0v) is 9.28. The molecule has 4 heteroatoms. The lowest BCUT2D eigenvalue weighted by Gasteiger charge is -1.90. The molecule has 1 aromatic heterocycles. The summed E-state index contributed by atoms with van der Waals surface area (Å²) < 4.78 is 0. The van der Waals surface area contributed by atoms with Gasteiger partial charge in [0.1, 0.15) is 0 Å². The summed E-state index contributed by atoms with van der Waals surface area (Å²) in [5.74, 6) is 0.641. The summed E-state index contributed by atoms with van der Waals surface area (Å²) in [4.78, 5) is 0. The van der Waals surface area contributed by atoms with Gasteiger partial charge in [-0.15, -0.1) is 10.2 Å². The second kappa shape index (κ2) is 8.16. The third-order valence-corrected chi connectivity index (χ3v) is 1.45. The van der Waals surface area contributed by atoms with E-state index in [1.54, 1.807) is 0 Å². The maximum atomic E-state index is 3.87. The molecule has 0 atom stereocenters. The zero-order chi connectivity index (χ0) is 10.8. The van der Waals surface area contributed by atoms with Gasteiger partial charge in [0.2, 0.25) is 5.82 Å². The molecule has 78 valence electrons. The van der Waals surface area contributed by atoms with Gasteiger partial charge >= 0.3 is 0 Å². The second-order valence-electron chi connectivity index (χ2n) is 2.29. The predicted molar refractivity (Wildman–Crippen MR) is 58.6 cm³/mol. The summed E-state index contributed by atoms with van der Waals surface area (Å²) in [7, 11) is 0. The first-order valence-corrected chi connectivity index (χ1v) is 4.95. The summed E-state index contributed by atoms with van der Waals surface area (Å²) >= 11 is 0. The summed E-state index contributed by atoms with van der Waals surface area (Å²) in [6, 6.07) is 0. The van der Waals surface area contributed by atoms with Crippen LogP contribution in [-0.4, -0.2) is 20.6 Å². The van der Waals surface area contributed by atoms with Crippen molar-refractivity contribution in [2.45, 2.75) is 34.1 Å². The highest BCUT2D eigenvalue weighted by Gasteiger charge is 1.99. The van der Waals surface area contributed by atoms with Crippen molar-refractivity contribution < 1.29 is 0 Å². The fraction of sp³-hybridized carbons (Fsp3) is 0.500. The van der Waals surface area contributed by atoms with Crippen LogP contribution in [0.4, 0.5) is 0 Å². The van der Waals surface area contributed by atoms with Crippen LogP contribution in [0.25, 0.3) is 5.57 Å². The molecule has 0 saturated carbocycles. The summed E-state index contributed by atoms with van der Waals surface area (Å²) in [6.07, 6.45) is 7.02. The van der Waals surface area contributed by atoms with Crippen LogP contribution in [0.5, 0.6) is 0 Å². The van der Waals surface area contributed by atoms with Crippen LogP contribution < -0.4 is 0 Å². The third-order valence-electron chi connectivity index (χ3n) is 1.45. The van der Waals surface area contributed by atoms with Gasteiger partial charge in [-0.05, 0) is 18.6 Å². The minimum absolute atomic E-state index is 0.641. The van der Waals surface area contributed by atoms with E-state index in [1.165, 1.54) is 0 Å². The Morgan fingerprint density at radius 2 is 2.14 bits per heavy atom. The Morgan fingerprint density at radius 1 is 1.43 bits per heavy atom. The Hall–Kier alpha value is -1.45. The van der Waals surface area contributed by atoms with E-state index >= 15 is 0 Å². The number of allylic oxidation sites excluding steroid dienone is 4. The van der Waals surface area contributed by atoms with Crippen LogP contribution in [0, 0.1) is 0 Å². The summed E-state index contributed by atoms with van der Waals surface area (Å²) in [6.45, 7) is 8.03. The monoisotopic (exact) mass is 194 g/mol. The van der Waals surface area contributed by atoms with Crippen LogP contribution >= 0.6 is 0 Å². The standard InChI is InChI=1S/C8H12N4.C2H6/c1-3-5-6-7(4-2)8-9-11-12-10-8;1-2/h4-6H,3H2,1-2H3,(H,9,10,11,12);1-2H3/b6-5-,7-4+;. The summed E-state index contributed by atoms with van der Waals surface area (Å²) in [5, 5.41) is 13.7. The van der Waals surface area contributed by atoms with Crippen molar-refractivity contribution in [1.82, 2.24) is 20.6 Å². The van der Waals surface area contributed by atoms with Gasteiger partial charge in [-0.25, -0.2) is 0 Å². The van der Waals surface area contributed by atoms with Crippen LogP contribution in [0.15, 0.2) is 18.2 Å². The van der Waals surface area contributed by atoms with Crippen molar-refractivity contribution in [3.8, 4) is 0 Å². The maximum absolute atomic E-state index is 3.87. The van der Waals surface area contributed by atoms with E-state index in [1.807, 2.05) is 32.9 Å². The Kier molecular flexibility index (Phi) is 7.32. The third kappa shape index (κ3) is 3.98. The van der Waals surface area contributed by atoms with Crippen molar-refractivity contribution in [1.29, 1.82) is 0 Å². The average molecular weight is 194 g/mol. The highest BCUT2D eigenvalue weighted by atomic mass is 15.5. The topological polar surface area (TPSA) is 54.5 Å². The first-order valence-electron chi connectivity index (χ1n) is 4.95. The van der Waals surface area contributed by atoms with Crippen LogP contribution in [0.1, 0.15) is 39.9 Å². The van der Waals surface area contributed by atoms with Gasteiger partial charge in [-0.2, -0.15) is 5.21 Å². The van der Waals surface area contributed by atoms with Crippen molar-refractivity contribution in [3.05, 3.63) is 24.1 Å². The molecule has 0 aliphatic rings. The lowest BCUT2D eigenvalue weighted by molar-refractivity contribution is 0.881. The molecule has 1 aromatic rings. The second-order valence-corrected chi connectivity index (χ2v) is 2.29. The molecule has 14 heavy (non-hydrogen) atoms. The van der Waals surface area contributed by atoms with E-state index in [9.17, 15) is 0 Å². The van der Waals surface area contributed by atoms with Gasteiger partial charge in [0.15, 0.2) is 0 Å². The van der Waals surface area contributed by atoms with Crippen molar-refractivity contribution in [2.75, 3.05) is 0 Å². The molecule has 0 amide bonds. The van der Waals surface area contributed by atoms with E-state index in [2.05, 4.69) is 33.6 Å². The number of H-pyrrole nitrogens is 1. The van der Waals surface area contributed by atoms with Crippen molar-refractivity contribution in [2.24, 2.45) is 0 Å². The van der Waals surface area contributed by atoms with Gasteiger partial charge < -0.3 is 0 Å². The highest BCUT2D eigenvalue weighted by Crippen LogP contribution is 2.08. The minimum Gasteiger partial charge on any atom is -0.177 e. The normalized spacial score (nSPS) is 11.3. The molecule has 0 aromatic carbocycles. The number of nitrogens with zero attached hydrogens (tertiary/aromatic N) is 3. The Balaban J connectivity index is 0.000000791. The molecule has 0 unspecified atom stereocenters. The Bertz CT molecular complexity index is 272. The van der Waals surface area contributed by atoms with E-state index < -0.39 is 0 Å². The lowest BCUT2D eigenvalue weighted by Crippen LogP contribution is -1.83. The molecular weight excluding hydrogens is 176 g/mol. The smallest absolute Gasteiger partial charge is 0.177 e. The Morgan fingerprint density at radius 3 is 2.57 bits per heavy atom. The van der Waals surface area contributed by atoms with Crippen molar-refractivity contribution >= 4 is 5.57 Å². The maximum Gasteiger partial charge on any atom is 0.204 e. The SMILES string of the molecule is C/C=C(\C=C/CC)c1nn[nH]n1.CC. The van der Waals surface area contributed by atoms with E-state index in [4.69, 9.17) is 0 Å². The quantitative estimate of drug-likeness (QED) is 0.752. The molecule has 1 heterocycles. The number of hydrogen-bond acceptors (Lipinski definition) is 3. The number of tetrazole rings is 1. The first kappa shape index (κ1) is 12.6. The lowest BCUT2D eigenvalue weighted by atomic mass is 10.2. The number of hydrogen-bond donors (Lipinski definition) is 1. The molecule has 1 N–H and O–H groups in total. The van der Waals surface area contributed by atoms with E-state index in [0.29, 0.717) is 5.82 Å². The largest absolute Gasteiger partial charge is 0.204 e. The minimum atomic E-state index is 0.641. The molecule has 0 aliphatic carbocycles. The number of nitrogens with one attached hydrogen (secondary N) is 1. The number of aromatic amines is 1. The van der Waals surface area contributed by atoms with Gasteiger partial charge in [-0.1, -0.05) is 39.0 Å². The molecule has 0 saturated heterocycles. The fourth-order valence-electron chi connectivity index (χ4n) is 0.829. The fourth-order valence-corrected chi connectivity index (χ4v) is 0.829. The average Bonchev–Trinajstić information content (AvgIpc) is 2.76. The molecule has 0 spiro atoms. The van der Waals surface area contributed by atoms with Gasteiger partial charge in [0, 0.05) is 5.57 Å². The van der Waals surface area contributed by atoms with E-state index in [-0.39, 0.29) is 0 Å².